The summed E-state index contributed by atoms with van der Waals surface area (Å²) < 4.78 is 13.3. The van der Waals surface area contributed by atoms with Gasteiger partial charge < -0.3 is 10.4 Å². The summed E-state index contributed by atoms with van der Waals surface area (Å²) in [5.41, 5.74) is -0.621. The fourth-order valence-electron chi connectivity index (χ4n) is 1.78. The van der Waals surface area contributed by atoms with Crippen molar-refractivity contribution in [1.82, 2.24) is 0 Å². The summed E-state index contributed by atoms with van der Waals surface area (Å²) in [4.78, 5) is 21.2. The van der Waals surface area contributed by atoms with Crippen LogP contribution in [0.4, 0.5) is 15.8 Å². The Morgan fingerprint density at radius 1 is 1.58 bits per heavy atom. The summed E-state index contributed by atoms with van der Waals surface area (Å²) in [7, 11) is 0. The normalized spacial score (nSPS) is 15.9. The van der Waals surface area contributed by atoms with Crippen LogP contribution >= 0.6 is 11.6 Å². The van der Waals surface area contributed by atoms with E-state index in [2.05, 4.69) is 5.32 Å². The van der Waals surface area contributed by atoms with E-state index in [1.165, 1.54) is 0 Å². The number of hydrogen-bond acceptors (Lipinski definition) is 4. The average Bonchev–Trinajstić information content (AvgIpc) is 3.13. The van der Waals surface area contributed by atoms with E-state index < -0.39 is 28.4 Å². The van der Waals surface area contributed by atoms with Gasteiger partial charge in [-0.25, -0.2) is 9.18 Å². The SMILES string of the molecule is O=C(O)C(Nc1cc(F)c(Cl)cc1[N+](=O)[O-])C1CC1. The van der Waals surface area contributed by atoms with Crippen molar-refractivity contribution in [2.45, 2.75) is 18.9 Å². The van der Waals surface area contributed by atoms with Gasteiger partial charge >= 0.3 is 5.97 Å². The minimum absolute atomic E-state index is 0.0872. The van der Waals surface area contributed by atoms with Crippen molar-refractivity contribution < 1.29 is 19.2 Å². The van der Waals surface area contributed by atoms with Crippen LogP contribution in [0.25, 0.3) is 0 Å². The van der Waals surface area contributed by atoms with Gasteiger partial charge in [0.05, 0.1) is 9.95 Å². The Kier molecular flexibility index (Phi) is 3.57. The molecule has 8 heteroatoms. The molecule has 0 amide bonds. The number of anilines is 1. The highest BCUT2D eigenvalue weighted by atomic mass is 35.5. The fourth-order valence-corrected chi connectivity index (χ4v) is 1.94. The molecule has 102 valence electrons. The molecule has 0 heterocycles. The lowest BCUT2D eigenvalue weighted by Crippen LogP contribution is -2.31. The summed E-state index contributed by atoms with van der Waals surface area (Å²) in [5, 5.41) is 22.0. The Balaban J connectivity index is 2.34. The summed E-state index contributed by atoms with van der Waals surface area (Å²) >= 11 is 5.48. The van der Waals surface area contributed by atoms with E-state index in [1.54, 1.807) is 0 Å². The zero-order valence-corrected chi connectivity index (χ0v) is 10.4. The van der Waals surface area contributed by atoms with Gasteiger partial charge in [0.2, 0.25) is 0 Å². The van der Waals surface area contributed by atoms with Crippen LogP contribution in [0.15, 0.2) is 12.1 Å². The monoisotopic (exact) mass is 288 g/mol. The minimum Gasteiger partial charge on any atom is -0.480 e. The van der Waals surface area contributed by atoms with Crippen molar-refractivity contribution in [3.05, 3.63) is 33.1 Å². The van der Waals surface area contributed by atoms with Gasteiger partial charge in [0.15, 0.2) is 0 Å². The number of nitrogens with one attached hydrogen (secondary N) is 1. The lowest BCUT2D eigenvalue weighted by Gasteiger charge is -2.15. The average molecular weight is 289 g/mol. The van der Waals surface area contributed by atoms with Crippen molar-refractivity contribution in [3.63, 3.8) is 0 Å². The first kappa shape index (κ1) is 13.5. The first-order valence-electron chi connectivity index (χ1n) is 5.53. The summed E-state index contributed by atoms with van der Waals surface area (Å²) in [5.74, 6) is -2.04. The van der Waals surface area contributed by atoms with Crippen molar-refractivity contribution >= 4 is 28.9 Å². The maximum atomic E-state index is 13.3. The van der Waals surface area contributed by atoms with E-state index in [9.17, 15) is 19.3 Å². The molecular weight excluding hydrogens is 279 g/mol. The van der Waals surface area contributed by atoms with Crippen LogP contribution in [0.2, 0.25) is 5.02 Å². The second-order valence-electron chi connectivity index (χ2n) is 4.34. The zero-order valence-electron chi connectivity index (χ0n) is 9.60. The standard InChI is InChI=1S/C11H10ClFN2O4/c12-6-3-9(15(18)19)8(4-7(6)13)14-10(11(16)17)5-1-2-5/h3-5,10,14H,1-2H2,(H,16,17). The van der Waals surface area contributed by atoms with E-state index in [1.807, 2.05) is 0 Å². The van der Waals surface area contributed by atoms with Crippen LogP contribution in [-0.4, -0.2) is 22.0 Å². The molecule has 1 aliphatic carbocycles. The van der Waals surface area contributed by atoms with E-state index >= 15 is 0 Å². The zero-order chi connectivity index (χ0) is 14.2. The molecule has 0 bridgehead atoms. The summed E-state index contributed by atoms with van der Waals surface area (Å²) in [6.45, 7) is 0. The molecule has 1 fully saturated rings. The molecule has 1 saturated carbocycles. The Morgan fingerprint density at radius 3 is 2.68 bits per heavy atom. The third kappa shape index (κ3) is 2.93. The van der Waals surface area contributed by atoms with Crippen LogP contribution in [0.3, 0.4) is 0 Å². The third-order valence-corrected chi connectivity index (χ3v) is 3.20. The van der Waals surface area contributed by atoms with Crippen molar-refractivity contribution in [1.29, 1.82) is 0 Å². The molecule has 6 nitrogen and oxygen atoms in total. The molecule has 0 radical (unpaired) electrons. The highest BCUT2D eigenvalue weighted by Gasteiger charge is 2.37. The molecule has 0 aromatic heterocycles. The first-order valence-corrected chi connectivity index (χ1v) is 5.90. The fraction of sp³-hybridized carbons (Fsp3) is 0.364. The highest BCUT2D eigenvalue weighted by molar-refractivity contribution is 6.31. The molecular formula is C11H10ClFN2O4. The molecule has 0 aliphatic heterocycles. The second kappa shape index (κ2) is 5.00. The maximum absolute atomic E-state index is 13.3. The maximum Gasteiger partial charge on any atom is 0.326 e. The molecule has 1 aromatic carbocycles. The summed E-state index contributed by atoms with van der Waals surface area (Å²) in [6, 6.07) is 0.753. The smallest absolute Gasteiger partial charge is 0.326 e. The van der Waals surface area contributed by atoms with E-state index in [0.717, 1.165) is 25.0 Å². The van der Waals surface area contributed by atoms with Gasteiger partial charge in [-0.3, -0.25) is 10.1 Å². The van der Waals surface area contributed by atoms with E-state index in [-0.39, 0.29) is 16.6 Å². The quantitative estimate of drug-likeness (QED) is 0.642. The highest BCUT2D eigenvalue weighted by Crippen LogP contribution is 2.37. The number of halogens is 2. The predicted octanol–water partition coefficient (Wildman–Crippen LogP) is 2.66. The van der Waals surface area contributed by atoms with Crippen LogP contribution in [-0.2, 0) is 4.79 Å². The molecule has 1 unspecified atom stereocenters. The Labute approximate surface area is 112 Å². The number of carboxylic acid groups (broad SMARTS) is 1. The number of carboxylic acids is 1. The van der Waals surface area contributed by atoms with E-state index in [4.69, 9.17) is 16.7 Å². The number of benzene rings is 1. The largest absolute Gasteiger partial charge is 0.480 e. The van der Waals surface area contributed by atoms with Gasteiger partial charge in [0.25, 0.3) is 5.69 Å². The molecule has 19 heavy (non-hydrogen) atoms. The number of hydrogen-bond donors (Lipinski definition) is 2. The van der Waals surface area contributed by atoms with Crippen LogP contribution in [0.1, 0.15) is 12.8 Å². The Morgan fingerprint density at radius 2 is 2.21 bits per heavy atom. The van der Waals surface area contributed by atoms with Crippen LogP contribution in [0, 0.1) is 21.8 Å². The molecule has 0 spiro atoms. The molecule has 1 aliphatic rings. The first-order chi connectivity index (χ1) is 8.90. The predicted molar refractivity (Wildman–Crippen MR) is 65.8 cm³/mol. The van der Waals surface area contributed by atoms with Gasteiger partial charge in [0, 0.05) is 12.1 Å². The van der Waals surface area contributed by atoms with Crippen LogP contribution in [0.5, 0.6) is 0 Å². The van der Waals surface area contributed by atoms with Crippen molar-refractivity contribution in [3.8, 4) is 0 Å². The molecule has 1 aromatic rings. The number of nitro benzene ring substituents is 1. The summed E-state index contributed by atoms with van der Waals surface area (Å²) in [6.07, 6.45) is 1.46. The number of nitrogens with zero attached hydrogens (tertiary/aromatic N) is 1. The van der Waals surface area contributed by atoms with E-state index in [0.29, 0.717) is 0 Å². The van der Waals surface area contributed by atoms with Gasteiger partial charge in [-0.05, 0) is 18.8 Å². The Bertz CT molecular complexity index is 548. The molecule has 2 rings (SSSR count). The molecule has 0 saturated heterocycles. The van der Waals surface area contributed by atoms with Gasteiger partial charge in [0.1, 0.15) is 17.5 Å². The second-order valence-corrected chi connectivity index (χ2v) is 4.75. The van der Waals surface area contributed by atoms with Gasteiger partial charge in [-0.15, -0.1) is 0 Å². The number of aliphatic carboxylic acids is 1. The lowest BCUT2D eigenvalue weighted by molar-refractivity contribution is -0.384. The van der Waals surface area contributed by atoms with Gasteiger partial charge in [-0.2, -0.15) is 0 Å². The van der Waals surface area contributed by atoms with Crippen molar-refractivity contribution in [2.24, 2.45) is 5.92 Å². The van der Waals surface area contributed by atoms with Crippen molar-refractivity contribution in [2.75, 3.05) is 5.32 Å². The lowest BCUT2D eigenvalue weighted by atomic mass is 10.1. The topological polar surface area (TPSA) is 92.5 Å². The number of nitro groups is 1. The Hall–Kier alpha value is -1.89. The minimum atomic E-state index is -1.12. The third-order valence-electron chi connectivity index (χ3n) is 2.91. The number of carbonyl (C=O) groups is 1. The van der Waals surface area contributed by atoms with Gasteiger partial charge in [-0.1, -0.05) is 11.6 Å². The van der Waals surface area contributed by atoms with Crippen LogP contribution < -0.4 is 5.32 Å². The molecule has 2 N–H and O–H groups in total. The number of rotatable bonds is 5. The molecule has 1 atom stereocenters.